The molecule has 17 heavy (non-hydrogen) atoms. The van der Waals surface area contributed by atoms with Crippen molar-refractivity contribution in [1.29, 1.82) is 0 Å². The van der Waals surface area contributed by atoms with Crippen LogP contribution in [0.25, 0.3) is 0 Å². The number of hydrogen-bond donors (Lipinski definition) is 1. The highest BCUT2D eigenvalue weighted by molar-refractivity contribution is 5.32. The van der Waals surface area contributed by atoms with Gasteiger partial charge < -0.3 is 14.8 Å². The first-order valence-corrected chi connectivity index (χ1v) is 6.10. The van der Waals surface area contributed by atoms with Crippen LogP contribution >= 0.6 is 0 Å². The molecule has 1 atom stereocenters. The monoisotopic (exact) mass is 237 g/mol. The quantitative estimate of drug-likeness (QED) is 0.846. The molecule has 0 saturated carbocycles. The standard InChI is InChI=1S/C12H19N3O2/c1-3-5-17-11-7-9(2)13-12(15-11)14-10-4-6-16-8-10/h7,10H,3-6,8H2,1-2H3,(H,13,14,15). The molecule has 1 aliphatic rings. The number of anilines is 1. The van der Waals surface area contributed by atoms with Gasteiger partial charge in [0.1, 0.15) is 0 Å². The molecule has 1 saturated heterocycles. The lowest BCUT2D eigenvalue weighted by Gasteiger charge is -2.12. The van der Waals surface area contributed by atoms with Crippen molar-refractivity contribution < 1.29 is 9.47 Å². The summed E-state index contributed by atoms with van der Waals surface area (Å²) in [5.41, 5.74) is 0.910. The lowest BCUT2D eigenvalue weighted by molar-refractivity contribution is 0.195. The minimum atomic E-state index is 0.316. The molecule has 0 spiro atoms. The predicted octanol–water partition coefficient (Wildman–Crippen LogP) is 1.77. The van der Waals surface area contributed by atoms with Gasteiger partial charge in [-0.3, -0.25) is 0 Å². The second kappa shape index (κ2) is 5.82. The molecule has 1 aromatic heterocycles. The van der Waals surface area contributed by atoms with E-state index in [0.717, 1.165) is 31.7 Å². The summed E-state index contributed by atoms with van der Waals surface area (Å²) >= 11 is 0. The Labute approximate surface area is 102 Å². The number of hydrogen-bond acceptors (Lipinski definition) is 5. The number of nitrogens with one attached hydrogen (secondary N) is 1. The van der Waals surface area contributed by atoms with E-state index in [9.17, 15) is 0 Å². The minimum absolute atomic E-state index is 0.316. The highest BCUT2D eigenvalue weighted by atomic mass is 16.5. The Bertz CT molecular complexity index is 365. The minimum Gasteiger partial charge on any atom is -0.478 e. The van der Waals surface area contributed by atoms with Crippen molar-refractivity contribution in [1.82, 2.24) is 9.97 Å². The number of aromatic nitrogens is 2. The molecule has 2 heterocycles. The van der Waals surface area contributed by atoms with E-state index in [1.807, 2.05) is 13.0 Å². The lowest BCUT2D eigenvalue weighted by atomic mass is 10.3. The third-order valence-electron chi connectivity index (χ3n) is 2.55. The molecule has 0 aliphatic carbocycles. The van der Waals surface area contributed by atoms with Crippen molar-refractivity contribution in [2.75, 3.05) is 25.1 Å². The summed E-state index contributed by atoms with van der Waals surface area (Å²) in [6, 6.07) is 2.17. The van der Waals surface area contributed by atoms with E-state index in [1.165, 1.54) is 0 Å². The SMILES string of the molecule is CCCOc1cc(C)nc(NC2CCOC2)n1. The van der Waals surface area contributed by atoms with Gasteiger partial charge in [0.05, 0.1) is 19.3 Å². The van der Waals surface area contributed by atoms with E-state index in [-0.39, 0.29) is 0 Å². The summed E-state index contributed by atoms with van der Waals surface area (Å²) in [4.78, 5) is 8.68. The van der Waals surface area contributed by atoms with E-state index >= 15 is 0 Å². The van der Waals surface area contributed by atoms with E-state index in [0.29, 0.717) is 24.5 Å². The fraction of sp³-hybridized carbons (Fsp3) is 0.667. The van der Waals surface area contributed by atoms with Crippen molar-refractivity contribution in [3.8, 4) is 5.88 Å². The third-order valence-corrected chi connectivity index (χ3v) is 2.55. The van der Waals surface area contributed by atoms with E-state index in [2.05, 4.69) is 22.2 Å². The normalized spacial score (nSPS) is 19.3. The Morgan fingerprint density at radius 1 is 1.53 bits per heavy atom. The van der Waals surface area contributed by atoms with Crippen LogP contribution in [0.2, 0.25) is 0 Å². The average Bonchev–Trinajstić information content (AvgIpc) is 2.78. The van der Waals surface area contributed by atoms with Crippen LogP contribution in [0.15, 0.2) is 6.07 Å². The first kappa shape index (κ1) is 12.1. The lowest BCUT2D eigenvalue weighted by Crippen LogP contribution is -2.21. The van der Waals surface area contributed by atoms with Gasteiger partial charge in [-0.05, 0) is 19.8 Å². The second-order valence-electron chi connectivity index (χ2n) is 4.22. The van der Waals surface area contributed by atoms with Gasteiger partial charge >= 0.3 is 0 Å². The summed E-state index contributed by atoms with van der Waals surface area (Å²) in [5.74, 6) is 1.27. The zero-order chi connectivity index (χ0) is 12.1. The van der Waals surface area contributed by atoms with Crippen molar-refractivity contribution in [2.45, 2.75) is 32.7 Å². The average molecular weight is 237 g/mol. The van der Waals surface area contributed by atoms with Crippen molar-refractivity contribution in [3.05, 3.63) is 11.8 Å². The van der Waals surface area contributed by atoms with E-state index in [1.54, 1.807) is 0 Å². The van der Waals surface area contributed by atoms with Gasteiger partial charge in [-0.15, -0.1) is 0 Å². The van der Waals surface area contributed by atoms with Crippen LogP contribution in [0, 0.1) is 6.92 Å². The number of ether oxygens (including phenoxy) is 2. The van der Waals surface area contributed by atoms with Crippen molar-refractivity contribution in [2.24, 2.45) is 0 Å². The smallest absolute Gasteiger partial charge is 0.226 e. The summed E-state index contributed by atoms with van der Waals surface area (Å²) in [6.07, 6.45) is 1.98. The summed E-state index contributed by atoms with van der Waals surface area (Å²) < 4.78 is 10.8. The maximum atomic E-state index is 5.52. The van der Waals surface area contributed by atoms with Gasteiger partial charge in [0.2, 0.25) is 11.8 Å². The Hall–Kier alpha value is -1.36. The topological polar surface area (TPSA) is 56.3 Å². The molecule has 1 fully saturated rings. The van der Waals surface area contributed by atoms with Crippen LogP contribution in [0.1, 0.15) is 25.5 Å². The van der Waals surface area contributed by atoms with E-state index < -0.39 is 0 Å². The van der Waals surface area contributed by atoms with Crippen LogP contribution in [0.4, 0.5) is 5.95 Å². The highest BCUT2D eigenvalue weighted by Crippen LogP contribution is 2.15. The molecule has 5 nitrogen and oxygen atoms in total. The molecule has 1 aliphatic heterocycles. The van der Waals surface area contributed by atoms with Crippen molar-refractivity contribution >= 4 is 5.95 Å². The molecule has 5 heteroatoms. The molecule has 0 amide bonds. The molecule has 0 aromatic carbocycles. The first-order chi connectivity index (χ1) is 8.28. The molecule has 2 rings (SSSR count). The molecule has 94 valence electrons. The number of rotatable bonds is 5. The number of nitrogens with zero attached hydrogens (tertiary/aromatic N) is 2. The highest BCUT2D eigenvalue weighted by Gasteiger charge is 2.16. The fourth-order valence-electron chi connectivity index (χ4n) is 1.72. The molecular weight excluding hydrogens is 218 g/mol. The maximum Gasteiger partial charge on any atom is 0.226 e. The number of aryl methyl sites for hydroxylation is 1. The Kier molecular flexibility index (Phi) is 4.14. The Balaban J connectivity index is 2.02. The van der Waals surface area contributed by atoms with Crippen LogP contribution in [-0.4, -0.2) is 35.8 Å². The molecule has 1 aromatic rings. The molecule has 1 N–H and O–H groups in total. The molecule has 0 radical (unpaired) electrons. The Morgan fingerprint density at radius 3 is 3.12 bits per heavy atom. The summed E-state index contributed by atoms with van der Waals surface area (Å²) in [5, 5.41) is 3.27. The van der Waals surface area contributed by atoms with Gasteiger partial charge in [-0.1, -0.05) is 6.92 Å². The summed E-state index contributed by atoms with van der Waals surface area (Å²) in [6.45, 7) is 6.23. The van der Waals surface area contributed by atoms with Crippen LogP contribution in [0.5, 0.6) is 5.88 Å². The van der Waals surface area contributed by atoms with Gasteiger partial charge in [0.15, 0.2) is 0 Å². The van der Waals surface area contributed by atoms with Gasteiger partial charge in [0, 0.05) is 18.4 Å². The zero-order valence-electron chi connectivity index (χ0n) is 10.4. The van der Waals surface area contributed by atoms with Crippen molar-refractivity contribution in [3.63, 3.8) is 0 Å². The van der Waals surface area contributed by atoms with Gasteiger partial charge in [-0.25, -0.2) is 4.98 Å². The maximum absolute atomic E-state index is 5.52. The summed E-state index contributed by atoms with van der Waals surface area (Å²) in [7, 11) is 0. The Morgan fingerprint density at radius 2 is 2.41 bits per heavy atom. The van der Waals surface area contributed by atoms with Crippen LogP contribution < -0.4 is 10.1 Å². The zero-order valence-corrected chi connectivity index (χ0v) is 10.4. The van der Waals surface area contributed by atoms with Crippen LogP contribution in [-0.2, 0) is 4.74 Å². The molecular formula is C12H19N3O2. The third kappa shape index (κ3) is 3.56. The predicted molar refractivity (Wildman–Crippen MR) is 65.4 cm³/mol. The second-order valence-corrected chi connectivity index (χ2v) is 4.22. The van der Waals surface area contributed by atoms with E-state index in [4.69, 9.17) is 9.47 Å². The van der Waals surface area contributed by atoms with Gasteiger partial charge in [-0.2, -0.15) is 4.98 Å². The first-order valence-electron chi connectivity index (χ1n) is 6.10. The molecule has 0 bridgehead atoms. The van der Waals surface area contributed by atoms with Crippen LogP contribution in [0.3, 0.4) is 0 Å². The van der Waals surface area contributed by atoms with Gasteiger partial charge in [0.25, 0.3) is 0 Å². The molecule has 1 unspecified atom stereocenters. The fourth-order valence-corrected chi connectivity index (χ4v) is 1.72. The largest absolute Gasteiger partial charge is 0.478 e.